The third-order valence-electron chi connectivity index (χ3n) is 4.77. The maximum absolute atomic E-state index is 12.4. The average Bonchev–Trinajstić information content (AvgIpc) is 3.24. The van der Waals surface area contributed by atoms with E-state index in [1.807, 2.05) is 30.3 Å². The van der Waals surface area contributed by atoms with E-state index in [0.717, 1.165) is 5.56 Å². The number of nitrogens with one attached hydrogen (secondary N) is 1. The van der Waals surface area contributed by atoms with Gasteiger partial charge in [-0.1, -0.05) is 30.3 Å². The highest BCUT2D eigenvalue weighted by molar-refractivity contribution is 6.18. The molecule has 0 bridgehead atoms. The van der Waals surface area contributed by atoms with Gasteiger partial charge in [-0.05, 0) is 25.8 Å². The predicted molar refractivity (Wildman–Crippen MR) is 80.3 cm³/mol. The van der Waals surface area contributed by atoms with Gasteiger partial charge in [-0.25, -0.2) is 4.79 Å². The fraction of sp³-hybridized carbons (Fsp3) is 0.471. The van der Waals surface area contributed by atoms with Crippen molar-refractivity contribution in [2.75, 3.05) is 6.61 Å². The van der Waals surface area contributed by atoms with E-state index in [4.69, 9.17) is 9.47 Å². The van der Waals surface area contributed by atoms with Crippen molar-refractivity contribution >= 4 is 17.8 Å². The second-order valence-corrected chi connectivity index (χ2v) is 6.17. The number of benzene rings is 1. The molecule has 3 rings (SSSR count). The lowest BCUT2D eigenvalue weighted by molar-refractivity contribution is -0.168. The molecule has 0 spiro atoms. The Balaban J connectivity index is 1.56. The number of fused-ring (bicyclic) bond motifs is 1. The molecule has 2 saturated carbocycles. The monoisotopic (exact) mass is 317 g/mol. The molecule has 1 amide bonds. The largest absolute Gasteiger partial charge is 0.465 e. The quantitative estimate of drug-likeness (QED) is 0.662. The number of alkyl carbamates (subject to hydrolysis) is 1. The number of amides is 1. The molecule has 0 radical (unpaired) electrons. The predicted octanol–water partition coefficient (Wildman–Crippen LogP) is 1.82. The molecule has 122 valence electrons. The van der Waals surface area contributed by atoms with Gasteiger partial charge in [0.25, 0.3) is 0 Å². The minimum atomic E-state index is -1.14. The minimum Gasteiger partial charge on any atom is -0.465 e. The third kappa shape index (κ3) is 2.29. The molecule has 2 aliphatic carbocycles. The van der Waals surface area contributed by atoms with Crippen LogP contribution in [0.15, 0.2) is 30.3 Å². The van der Waals surface area contributed by atoms with E-state index in [9.17, 15) is 14.4 Å². The van der Waals surface area contributed by atoms with Crippen LogP contribution in [0.2, 0.25) is 0 Å². The SMILES string of the molecule is CCOC(=O)C1(C)C(=O)C2(NC(=O)OCc3ccccc3)CC21. The van der Waals surface area contributed by atoms with Crippen molar-refractivity contribution in [2.24, 2.45) is 11.3 Å². The summed E-state index contributed by atoms with van der Waals surface area (Å²) in [5.74, 6) is -1.00. The van der Waals surface area contributed by atoms with Crippen molar-refractivity contribution in [3.63, 3.8) is 0 Å². The normalized spacial score (nSPS) is 30.7. The number of carbonyl (C=O) groups excluding carboxylic acids is 3. The molecule has 2 fully saturated rings. The van der Waals surface area contributed by atoms with Gasteiger partial charge >= 0.3 is 12.1 Å². The van der Waals surface area contributed by atoms with Crippen molar-refractivity contribution in [3.8, 4) is 0 Å². The summed E-state index contributed by atoms with van der Waals surface area (Å²) in [5, 5.41) is 2.62. The second-order valence-electron chi connectivity index (χ2n) is 6.17. The molecule has 1 aromatic rings. The molecular weight excluding hydrogens is 298 g/mol. The lowest BCUT2D eigenvalue weighted by atomic mass is 9.65. The molecule has 0 aromatic heterocycles. The Hall–Kier alpha value is -2.37. The number of hydrogen-bond donors (Lipinski definition) is 1. The Kier molecular flexibility index (Phi) is 3.62. The zero-order chi connectivity index (χ0) is 16.7. The Morgan fingerprint density at radius 3 is 2.57 bits per heavy atom. The van der Waals surface area contributed by atoms with Crippen LogP contribution in [0.5, 0.6) is 0 Å². The standard InChI is InChI=1S/C17H19NO5/c1-3-22-14(20)16(2)12-9-17(12,13(16)19)18-15(21)23-10-11-7-5-4-6-8-11/h4-8,12H,3,9-10H2,1-2H3,(H,18,21). The molecule has 0 heterocycles. The van der Waals surface area contributed by atoms with Crippen molar-refractivity contribution in [2.45, 2.75) is 32.4 Å². The van der Waals surface area contributed by atoms with Crippen molar-refractivity contribution in [3.05, 3.63) is 35.9 Å². The van der Waals surface area contributed by atoms with Crippen molar-refractivity contribution in [1.82, 2.24) is 5.32 Å². The summed E-state index contributed by atoms with van der Waals surface area (Å²) in [7, 11) is 0. The summed E-state index contributed by atoms with van der Waals surface area (Å²) in [5.41, 5.74) is -1.21. The van der Waals surface area contributed by atoms with E-state index in [0.29, 0.717) is 6.42 Å². The number of rotatable bonds is 5. The fourth-order valence-electron chi connectivity index (χ4n) is 3.41. The average molecular weight is 317 g/mol. The van der Waals surface area contributed by atoms with Crippen LogP contribution in [-0.4, -0.2) is 30.0 Å². The van der Waals surface area contributed by atoms with Gasteiger partial charge in [-0.3, -0.25) is 9.59 Å². The van der Waals surface area contributed by atoms with Gasteiger partial charge in [0.15, 0.2) is 5.78 Å². The molecule has 3 unspecified atom stereocenters. The maximum Gasteiger partial charge on any atom is 0.408 e. The summed E-state index contributed by atoms with van der Waals surface area (Å²) in [4.78, 5) is 36.3. The Morgan fingerprint density at radius 2 is 1.96 bits per heavy atom. The van der Waals surface area contributed by atoms with Crippen LogP contribution in [-0.2, 0) is 25.7 Å². The van der Waals surface area contributed by atoms with Crippen LogP contribution in [0.1, 0.15) is 25.8 Å². The fourth-order valence-corrected chi connectivity index (χ4v) is 3.41. The van der Waals surface area contributed by atoms with Gasteiger partial charge in [-0.2, -0.15) is 0 Å². The van der Waals surface area contributed by atoms with E-state index in [1.54, 1.807) is 13.8 Å². The van der Waals surface area contributed by atoms with Crippen LogP contribution in [0.3, 0.4) is 0 Å². The molecular formula is C17H19NO5. The van der Waals surface area contributed by atoms with E-state index >= 15 is 0 Å². The number of Topliss-reactive ketones (excluding diaryl/α,β-unsaturated/α-hetero) is 1. The lowest BCUT2D eigenvalue weighted by Gasteiger charge is -2.39. The summed E-state index contributed by atoms with van der Waals surface area (Å²) < 4.78 is 10.1. The first kappa shape index (κ1) is 15.5. The first-order valence-corrected chi connectivity index (χ1v) is 7.66. The van der Waals surface area contributed by atoms with Crippen LogP contribution in [0.4, 0.5) is 4.79 Å². The summed E-state index contributed by atoms with van der Waals surface area (Å²) in [6, 6.07) is 9.27. The smallest absolute Gasteiger partial charge is 0.408 e. The first-order valence-electron chi connectivity index (χ1n) is 7.66. The second kappa shape index (κ2) is 5.37. The van der Waals surface area contributed by atoms with Crippen molar-refractivity contribution in [1.29, 1.82) is 0 Å². The highest BCUT2D eigenvalue weighted by atomic mass is 16.5. The Morgan fingerprint density at radius 1 is 1.26 bits per heavy atom. The minimum absolute atomic E-state index is 0.136. The number of hydrogen-bond acceptors (Lipinski definition) is 5. The topological polar surface area (TPSA) is 81.7 Å². The Bertz CT molecular complexity index is 658. The van der Waals surface area contributed by atoms with E-state index in [-0.39, 0.29) is 24.9 Å². The highest BCUT2D eigenvalue weighted by Gasteiger charge is 2.84. The van der Waals surface area contributed by atoms with Gasteiger partial charge in [0.2, 0.25) is 0 Å². The highest BCUT2D eigenvalue weighted by Crippen LogP contribution is 2.67. The maximum atomic E-state index is 12.4. The lowest BCUT2D eigenvalue weighted by Crippen LogP contribution is -2.64. The molecule has 0 saturated heterocycles. The molecule has 3 atom stereocenters. The first-order chi connectivity index (χ1) is 10.9. The summed E-state index contributed by atoms with van der Waals surface area (Å²) in [6.45, 7) is 3.65. The number of ether oxygens (including phenoxy) is 2. The zero-order valence-corrected chi connectivity index (χ0v) is 13.1. The van der Waals surface area contributed by atoms with E-state index < -0.39 is 23.0 Å². The van der Waals surface area contributed by atoms with E-state index in [2.05, 4.69) is 5.32 Å². The molecule has 2 aliphatic rings. The molecule has 6 nitrogen and oxygen atoms in total. The number of esters is 1. The van der Waals surface area contributed by atoms with Crippen LogP contribution in [0.25, 0.3) is 0 Å². The Labute approximate surface area is 134 Å². The summed E-state index contributed by atoms with van der Waals surface area (Å²) in [6.07, 6.45) is -0.183. The third-order valence-corrected chi connectivity index (χ3v) is 4.77. The molecule has 6 heteroatoms. The van der Waals surface area contributed by atoms with Crippen molar-refractivity contribution < 1.29 is 23.9 Å². The zero-order valence-electron chi connectivity index (χ0n) is 13.1. The van der Waals surface area contributed by atoms with Gasteiger partial charge in [0.1, 0.15) is 17.6 Å². The number of carbonyl (C=O) groups is 3. The van der Waals surface area contributed by atoms with Gasteiger partial charge in [-0.15, -0.1) is 0 Å². The molecule has 1 aromatic carbocycles. The molecule has 0 aliphatic heterocycles. The van der Waals surface area contributed by atoms with E-state index in [1.165, 1.54) is 0 Å². The van der Waals surface area contributed by atoms with Crippen LogP contribution >= 0.6 is 0 Å². The van der Waals surface area contributed by atoms with Gasteiger partial charge < -0.3 is 14.8 Å². The molecule has 23 heavy (non-hydrogen) atoms. The summed E-state index contributed by atoms with van der Waals surface area (Å²) >= 11 is 0. The van der Waals surface area contributed by atoms with Crippen LogP contribution in [0, 0.1) is 11.3 Å². The molecule has 1 N–H and O–H groups in total. The van der Waals surface area contributed by atoms with Crippen LogP contribution < -0.4 is 5.32 Å². The number of ketones is 1. The van der Waals surface area contributed by atoms with Gasteiger partial charge in [0, 0.05) is 5.92 Å². The van der Waals surface area contributed by atoms with Gasteiger partial charge in [0.05, 0.1) is 6.61 Å².